The number of nitriles is 1. The van der Waals surface area contributed by atoms with Crippen molar-refractivity contribution in [3.05, 3.63) is 65.0 Å². The van der Waals surface area contributed by atoms with Crippen LogP contribution in [0, 0.1) is 24.1 Å². The quantitative estimate of drug-likeness (QED) is 0.822. The smallest absolute Gasteiger partial charge is 0.131 e. The molecule has 0 atom stereocenters. The maximum atomic E-state index is 13.6. The molecule has 0 fully saturated rings. The molecule has 0 aromatic heterocycles. The SMILES string of the molecule is Cc1ccc(OCc2ccc(C#N)cc2F)cc1. The minimum absolute atomic E-state index is 0.153. The number of rotatable bonds is 3. The fourth-order valence-corrected chi connectivity index (χ4v) is 1.53. The van der Waals surface area contributed by atoms with Gasteiger partial charge >= 0.3 is 0 Å². The van der Waals surface area contributed by atoms with Gasteiger partial charge in [0, 0.05) is 5.56 Å². The Balaban J connectivity index is 2.06. The molecule has 0 aliphatic heterocycles. The minimum atomic E-state index is -0.416. The van der Waals surface area contributed by atoms with Crippen molar-refractivity contribution in [1.29, 1.82) is 5.26 Å². The summed E-state index contributed by atoms with van der Waals surface area (Å²) >= 11 is 0. The topological polar surface area (TPSA) is 33.0 Å². The number of nitrogens with zero attached hydrogens (tertiary/aromatic N) is 1. The minimum Gasteiger partial charge on any atom is -0.489 e. The van der Waals surface area contributed by atoms with E-state index in [1.54, 1.807) is 12.1 Å². The van der Waals surface area contributed by atoms with Gasteiger partial charge < -0.3 is 4.74 Å². The van der Waals surface area contributed by atoms with E-state index in [2.05, 4.69) is 0 Å². The Kier molecular flexibility index (Phi) is 3.59. The van der Waals surface area contributed by atoms with Gasteiger partial charge in [0.15, 0.2) is 0 Å². The van der Waals surface area contributed by atoms with Crippen LogP contribution in [0.5, 0.6) is 5.75 Å². The van der Waals surface area contributed by atoms with E-state index < -0.39 is 5.82 Å². The Hall–Kier alpha value is -2.34. The van der Waals surface area contributed by atoms with E-state index in [9.17, 15) is 4.39 Å². The zero-order chi connectivity index (χ0) is 13.0. The average molecular weight is 241 g/mol. The first-order chi connectivity index (χ1) is 8.69. The average Bonchev–Trinajstić information content (AvgIpc) is 2.39. The van der Waals surface area contributed by atoms with Gasteiger partial charge in [-0.15, -0.1) is 0 Å². The van der Waals surface area contributed by atoms with E-state index in [-0.39, 0.29) is 6.61 Å². The molecule has 2 rings (SSSR count). The van der Waals surface area contributed by atoms with Crippen LogP contribution in [0.25, 0.3) is 0 Å². The lowest BCUT2D eigenvalue weighted by atomic mass is 10.1. The molecule has 0 saturated heterocycles. The Morgan fingerprint density at radius 2 is 1.89 bits per heavy atom. The molecule has 0 bridgehead atoms. The van der Waals surface area contributed by atoms with E-state index in [0.29, 0.717) is 16.9 Å². The molecule has 0 amide bonds. The zero-order valence-electron chi connectivity index (χ0n) is 9.98. The fraction of sp³-hybridized carbons (Fsp3) is 0.133. The van der Waals surface area contributed by atoms with Crippen LogP contribution in [0.4, 0.5) is 4.39 Å². The van der Waals surface area contributed by atoms with Crippen LogP contribution >= 0.6 is 0 Å². The monoisotopic (exact) mass is 241 g/mol. The largest absolute Gasteiger partial charge is 0.489 e. The fourth-order valence-electron chi connectivity index (χ4n) is 1.53. The van der Waals surface area contributed by atoms with Crippen LogP contribution in [0.2, 0.25) is 0 Å². The van der Waals surface area contributed by atoms with Gasteiger partial charge in [-0.25, -0.2) is 4.39 Å². The third-order valence-electron chi connectivity index (χ3n) is 2.60. The lowest BCUT2D eigenvalue weighted by Gasteiger charge is -2.07. The molecule has 0 heterocycles. The molecule has 3 heteroatoms. The number of benzene rings is 2. The van der Waals surface area contributed by atoms with Gasteiger partial charge in [-0.05, 0) is 31.2 Å². The van der Waals surface area contributed by atoms with E-state index in [1.807, 2.05) is 37.3 Å². The molecule has 2 nitrogen and oxygen atoms in total. The van der Waals surface area contributed by atoms with E-state index >= 15 is 0 Å². The van der Waals surface area contributed by atoms with Gasteiger partial charge in [0.2, 0.25) is 0 Å². The molecule has 0 spiro atoms. The molecular formula is C15H12FNO. The number of halogens is 1. The lowest BCUT2D eigenvalue weighted by Crippen LogP contribution is -1.98. The molecular weight excluding hydrogens is 229 g/mol. The third-order valence-corrected chi connectivity index (χ3v) is 2.60. The molecule has 18 heavy (non-hydrogen) atoms. The Bertz CT molecular complexity index is 584. The summed E-state index contributed by atoms with van der Waals surface area (Å²) in [6.45, 7) is 2.14. The van der Waals surface area contributed by atoms with Gasteiger partial charge in [0.05, 0.1) is 11.6 Å². The highest BCUT2D eigenvalue weighted by atomic mass is 19.1. The second-order valence-corrected chi connectivity index (χ2v) is 4.02. The van der Waals surface area contributed by atoms with Crippen molar-refractivity contribution in [1.82, 2.24) is 0 Å². The molecule has 0 N–H and O–H groups in total. The number of hydrogen-bond acceptors (Lipinski definition) is 2. The van der Waals surface area contributed by atoms with Crippen molar-refractivity contribution >= 4 is 0 Å². The predicted molar refractivity (Wildman–Crippen MR) is 66.6 cm³/mol. The predicted octanol–water partition coefficient (Wildman–Crippen LogP) is 3.58. The van der Waals surface area contributed by atoms with Gasteiger partial charge in [-0.1, -0.05) is 23.8 Å². The van der Waals surface area contributed by atoms with E-state index in [4.69, 9.17) is 10.00 Å². The first kappa shape index (κ1) is 12.1. The van der Waals surface area contributed by atoms with Crippen LogP contribution in [-0.4, -0.2) is 0 Å². The van der Waals surface area contributed by atoms with Crippen molar-refractivity contribution in [2.45, 2.75) is 13.5 Å². The highest BCUT2D eigenvalue weighted by Gasteiger charge is 2.04. The number of ether oxygens (including phenoxy) is 1. The van der Waals surface area contributed by atoms with Gasteiger partial charge in [0.25, 0.3) is 0 Å². The van der Waals surface area contributed by atoms with Crippen LogP contribution < -0.4 is 4.74 Å². The molecule has 0 aliphatic carbocycles. The van der Waals surface area contributed by atoms with Gasteiger partial charge in [0.1, 0.15) is 18.2 Å². The first-order valence-electron chi connectivity index (χ1n) is 5.57. The summed E-state index contributed by atoms with van der Waals surface area (Å²) in [5.41, 5.74) is 1.90. The van der Waals surface area contributed by atoms with Crippen molar-refractivity contribution in [2.75, 3.05) is 0 Å². The van der Waals surface area contributed by atoms with Crippen LogP contribution in [0.3, 0.4) is 0 Å². The first-order valence-corrected chi connectivity index (χ1v) is 5.57. The molecule has 0 saturated carbocycles. The summed E-state index contributed by atoms with van der Waals surface area (Å²) in [6, 6.07) is 13.8. The molecule has 2 aromatic carbocycles. The maximum Gasteiger partial charge on any atom is 0.131 e. The Morgan fingerprint density at radius 1 is 1.17 bits per heavy atom. The highest BCUT2D eigenvalue weighted by molar-refractivity contribution is 5.33. The van der Waals surface area contributed by atoms with Crippen molar-refractivity contribution in [3.8, 4) is 11.8 Å². The highest BCUT2D eigenvalue weighted by Crippen LogP contribution is 2.16. The second-order valence-electron chi connectivity index (χ2n) is 4.02. The summed E-state index contributed by atoms with van der Waals surface area (Å²) in [5.74, 6) is 0.283. The van der Waals surface area contributed by atoms with E-state index in [0.717, 1.165) is 5.56 Å². The van der Waals surface area contributed by atoms with E-state index in [1.165, 1.54) is 6.07 Å². The van der Waals surface area contributed by atoms with Crippen LogP contribution in [0.1, 0.15) is 16.7 Å². The van der Waals surface area contributed by atoms with Crippen LogP contribution in [0.15, 0.2) is 42.5 Å². The van der Waals surface area contributed by atoms with Gasteiger partial charge in [-0.2, -0.15) is 5.26 Å². The third kappa shape index (κ3) is 2.86. The Labute approximate surface area is 105 Å². The summed E-state index contributed by atoms with van der Waals surface area (Å²) in [6.07, 6.45) is 0. The van der Waals surface area contributed by atoms with Crippen molar-refractivity contribution in [2.24, 2.45) is 0 Å². The molecule has 0 unspecified atom stereocenters. The number of aryl methyl sites for hydroxylation is 1. The van der Waals surface area contributed by atoms with Crippen LogP contribution in [-0.2, 0) is 6.61 Å². The standard InChI is InChI=1S/C15H12FNO/c1-11-2-6-14(7-3-11)18-10-13-5-4-12(9-17)8-15(13)16/h2-8H,10H2,1H3. The molecule has 2 aromatic rings. The summed E-state index contributed by atoms with van der Waals surface area (Å²) < 4.78 is 19.1. The number of hydrogen-bond donors (Lipinski definition) is 0. The maximum absolute atomic E-state index is 13.6. The Morgan fingerprint density at radius 3 is 2.50 bits per heavy atom. The lowest BCUT2D eigenvalue weighted by molar-refractivity contribution is 0.300. The van der Waals surface area contributed by atoms with Gasteiger partial charge in [-0.3, -0.25) is 0 Å². The molecule has 0 aliphatic rings. The summed E-state index contributed by atoms with van der Waals surface area (Å²) in [7, 11) is 0. The normalized spacial score (nSPS) is 9.83. The second kappa shape index (κ2) is 5.33. The van der Waals surface area contributed by atoms with Crippen molar-refractivity contribution < 1.29 is 9.13 Å². The molecule has 90 valence electrons. The van der Waals surface area contributed by atoms with Crippen molar-refractivity contribution in [3.63, 3.8) is 0 Å². The summed E-state index contributed by atoms with van der Waals surface area (Å²) in [4.78, 5) is 0. The summed E-state index contributed by atoms with van der Waals surface area (Å²) in [5, 5.41) is 8.64. The zero-order valence-corrected chi connectivity index (χ0v) is 9.98. The molecule has 0 radical (unpaired) electrons.